The van der Waals surface area contributed by atoms with Gasteiger partial charge in [0, 0.05) is 5.20 Å². The van der Waals surface area contributed by atoms with Crippen molar-refractivity contribution in [1.82, 2.24) is 0 Å². The van der Waals surface area contributed by atoms with Gasteiger partial charge in [-0.2, -0.15) is 0 Å². The molecule has 0 aliphatic rings. The van der Waals surface area contributed by atoms with E-state index < -0.39 is 25.2 Å². The van der Waals surface area contributed by atoms with Crippen molar-refractivity contribution in [3.05, 3.63) is 47.2 Å². The van der Waals surface area contributed by atoms with Gasteiger partial charge in [0.25, 0.3) is 0 Å². The highest BCUT2D eigenvalue weighted by Crippen LogP contribution is 2.27. The Bertz CT molecular complexity index is 619. The molecular formula is C24H52O3Si3. The summed E-state index contributed by atoms with van der Waals surface area (Å²) in [5.74, 6) is 0.842. The number of allylic oxidation sites excluding steroid dienone is 1. The zero-order valence-corrected chi connectivity index (χ0v) is 21.0. The number of rotatable bonds is 9. The van der Waals surface area contributed by atoms with E-state index in [-0.39, 0.29) is 29.7 Å². The zero-order valence-electron chi connectivity index (χ0n) is 18.0. The van der Waals surface area contributed by atoms with Crippen LogP contribution in [0.5, 0.6) is 5.75 Å². The fraction of sp³-hybridized carbons (Fsp3) is 0.583. The molecule has 3 nitrogen and oxygen atoms in total. The first-order chi connectivity index (χ1) is 11.7. The predicted octanol–water partition coefficient (Wildman–Crippen LogP) is 8.90. The highest BCUT2D eigenvalue weighted by Gasteiger charge is 2.43. The molecule has 1 aromatic rings. The fourth-order valence-electron chi connectivity index (χ4n) is 2.63. The quantitative estimate of drug-likeness (QED) is 0.336. The molecule has 0 unspecified atom stereocenters. The van der Waals surface area contributed by atoms with Gasteiger partial charge in [0.05, 0.1) is 0 Å². The second-order valence-corrected chi connectivity index (χ2v) is 21.7. The second-order valence-electron chi connectivity index (χ2n) is 9.06. The minimum Gasteiger partial charge on any atom is -0.489 e. The summed E-state index contributed by atoms with van der Waals surface area (Å²) >= 11 is 0. The lowest BCUT2D eigenvalue weighted by molar-refractivity contribution is 0.337. The molecule has 0 heterocycles. The molecule has 0 aromatic heterocycles. The van der Waals surface area contributed by atoms with Crippen LogP contribution in [0.3, 0.4) is 0 Å². The van der Waals surface area contributed by atoms with Gasteiger partial charge in [-0.1, -0.05) is 60.1 Å². The van der Waals surface area contributed by atoms with Crippen LogP contribution in [0.25, 0.3) is 6.08 Å². The van der Waals surface area contributed by atoms with Crippen LogP contribution in [0.4, 0.5) is 0 Å². The molecule has 0 saturated heterocycles. The van der Waals surface area contributed by atoms with Crippen LogP contribution in [-0.4, -0.2) is 31.8 Å². The monoisotopic (exact) mass is 472 g/mol. The summed E-state index contributed by atoms with van der Waals surface area (Å²) in [5.41, 5.74) is 2.46. The average Bonchev–Trinajstić information content (AvgIpc) is 2.41. The Labute approximate surface area is 193 Å². The number of ether oxygens (including phenoxy) is 1. The molecule has 178 valence electrons. The van der Waals surface area contributed by atoms with E-state index in [0.29, 0.717) is 6.61 Å². The first-order valence-corrected chi connectivity index (χ1v) is 18.3. The van der Waals surface area contributed by atoms with Crippen molar-refractivity contribution in [2.24, 2.45) is 0 Å². The number of benzene rings is 1. The molecule has 0 fully saturated rings. The van der Waals surface area contributed by atoms with E-state index in [1.54, 1.807) is 0 Å². The predicted molar refractivity (Wildman–Crippen MR) is 148 cm³/mol. The third kappa shape index (κ3) is 14.1. The van der Waals surface area contributed by atoms with Crippen molar-refractivity contribution in [2.45, 2.75) is 89.4 Å². The molecule has 0 bridgehead atoms. The Morgan fingerprint density at radius 2 is 1.20 bits per heavy atom. The van der Waals surface area contributed by atoms with Crippen LogP contribution in [-0.2, 0) is 8.23 Å². The van der Waals surface area contributed by atoms with Gasteiger partial charge in [-0.15, -0.1) is 0 Å². The molecule has 0 aliphatic heterocycles. The third-order valence-corrected chi connectivity index (χ3v) is 12.8. The van der Waals surface area contributed by atoms with E-state index in [9.17, 15) is 0 Å². The van der Waals surface area contributed by atoms with E-state index >= 15 is 0 Å². The van der Waals surface area contributed by atoms with Gasteiger partial charge < -0.3 is 13.0 Å². The Balaban J connectivity index is -0.000000845. The minimum absolute atomic E-state index is 0. The van der Waals surface area contributed by atoms with E-state index in [1.165, 1.54) is 11.1 Å². The highest BCUT2D eigenvalue weighted by atomic mass is 28.5. The molecule has 0 amide bonds. The maximum absolute atomic E-state index is 6.52. The molecule has 0 spiro atoms. The van der Waals surface area contributed by atoms with Crippen LogP contribution < -0.4 is 4.74 Å². The van der Waals surface area contributed by atoms with Crippen molar-refractivity contribution >= 4 is 31.3 Å². The smallest absolute Gasteiger partial charge is 0.347 e. The van der Waals surface area contributed by atoms with Crippen LogP contribution in [0, 0.1) is 0 Å². The molecule has 0 N–H and O–H groups in total. The summed E-state index contributed by atoms with van der Waals surface area (Å²) in [6.45, 7) is 24.2. The molecule has 0 atom stereocenters. The third-order valence-electron chi connectivity index (χ3n) is 3.39. The lowest BCUT2D eigenvalue weighted by Gasteiger charge is -2.39. The summed E-state index contributed by atoms with van der Waals surface area (Å²) in [6.07, 6.45) is 2.15. The minimum atomic E-state index is -2.52. The van der Waals surface area contributed by atoms with Gasteiger partial charge in [0.1, 0.15) is 12.4 Å². The topological polar surface area (TPSA) is 27.7 Å². The van der Waals surface area contributed by atoms with E-state index in [4.69, 9.17) is 13.0 Å². The SMILES string of the molecule is C.C.C.C.C=C(COc1ccc(C=C(C)C)cc1)[Si](C)(O[Si](C)(C)C)O[Si](C)(C)C. The lowest BCUT2D eigenvalue weighted by atomic mass is 10.1. The molecule has 1 aromatic carbocycles. The van der Waals surface area contributed by atoms with Gasteiger partial charge in [-0.25, -0.2) is 0 Å². The summed E-state index contributed by atoms with van der Waals surface area (Å²) in [5, 5.41) is 0.954. The zero-order chi connectivity index (χ0) is 20.2. The van der Waals surface area contributed by atoms with Crippen molar-refractivity contribution < 1.29 is 13.0 Å². The van der Waals surface area contributed by atoms with Gasteiger partial charge in [0.15, 0.2) is 16.6 Å². The van der Waals surface area contributed by atoms with Crippen molar-refractivity contribution in [1.29, 1.82) is 0 Å². The molecule has 0 radical (unpaired) electrons. The van der Waals surface area contributed by atoms with Gasteiger partial charge in [-0.05, 0) is 77.4 Å². The van der Waals surface area contributed by atoms with E-state index in [1.807, 2.05) is 12.1 Å². The first-order valence-electron chi connectivity index (χ1n) is 9.17. The average molecular weight is 473 g/mol. The van der Waals surface area contributed by atoms with Crippen molar-refractivity contribution in [2.75, 3.05) is 6.61 Å². The largest absolute Gasteiger partial charge is 0.489 e. The summed E-state index contributed by atoms with van der Waals surface area (Å²) in [6, 6.07) is 8.14. The molecule has 1 rings (SSSR count). The molecule has 30 heavy (non-hydrogen) atoms. The Hall–Kier alpha value is -0.929. The van der Waals surface area contributed by atoms with E-state index in [2.05, 4.69) is 84.5 Å². The van der Waals surface area contributed by atoms with Gasteiger partial charge in [0.2, 0.25) is 0 Å². The van der Waals surface area contributed by atoms with Crippen molar-refractivity contribution in [3.63, 3.8) is 0 Å². The maximum atomic E-state index is 6.52. The number of hydrogen-bond acceptors (Lipinski definition) is 3. The molecule has 0 aliphatic carbocycles. The summed E-state index contributed by atoms with van der Waals surface area (Å²) < 4.78 is 19.0. The summed E-state index contributed by atoms with van der Waals surface area (Å²) in [7, 11) is -6.02. The Morgan fingerprint density at radius 3 is 1.53 bits per heavy atom. The fourth-order valence-corrected chi connectivity index (χ4v) is 14.0. The van der Waals surface area contributed by atoms with Crippen LogP contribution in [0.1, 0.15) is 49.1 Å². The standard InChI is InChI=1S/C20H36O3Si3.4CH4/c1-17(2)15-19-11-13-20(14-12-19)21-16-18(3)26(10,22-24(4,5)6)23-25(7,8)9;;;;/h11-15H,3,16H2,1-2,4-10H3;4*1H4. The summed E-state index contributed by atoms with van der Waals surface area (Å²) in [4.78, 5) is 0. The second kappa shape index (κ2) is 14.2. The molecular weight excluding hydrogens is 421 g/mol. The van der Waals surface area contributed by atoms with Crippen LogP contribution in [0.2, 0.25) is 45.8 Å². The van der Waals surface area contributed by atoms with Gasteiger partial charge in [-0.3, -0.25) is 0 Å². The first kappa shape index (κ1) is 36.4. The normalized spacial score (nSPS) is 11.0. The molecule has 6 heteroatoms. The molecule has 0 saturated carbocycles. The van der Waals surface area contributed by atoms with Crippen molar-refractivity contribution in [3.8, 4) is 5.75 Å². The van der Waals surface area contributed by atoms with Gasteiger partial charge >= 0.3 is 8.56 Å². The Kier molecular flexibility index (Phi) is 17.2. The van der Waals surface area contributed by atoms with E-state index in [0.717, 1.165) is 10.9 Å². The van der Waals surface area contributed by atoms with Crippen LogP contribution in [0.15, 0.2) is 41.6 Å². The highest BCUT2D eigenvalue weighted by molar-refractivity contribution is 6.90. The maximum Gasteiger partial charge on any atom is 0.347 e. The lowest BCUT2D eigenvalue weighted by Crippen LogP contribution is -2.54. The number of hydrogen-bond donors (Lipinski definition) is 0. The van der Waals surface area contributed by atoms with Crippen LogP contribution >= 0.6 is 0 Å². The Morgan fingerprint density at radius 1 is 0.800 bits per heavy atom.